The summed E-state index contributed by atoms with van der Waals surface area (Å²) < 4.78 is 1.34. The third-order valence-electron chi connectivity index (χ3n) is 1.17. The summed E-state index contributed by atoms with van der Waals surface area (Å²) in [6.45, 7) is 0. The first kappa shape index (κ1) is 8.32. The summed E-state index contributed by atoms with van der Waals surface area (Å²) in [7, 11) is -0.750. The van der Waals surface area contributed by atoms with Gasteiger partial charge in [0.15, 0.2) is 0 Å². The quantitative estimate of drug-likeness (QED) is 0.502. The third kappa shape index (κ3) is 2.08. The number of fused-ring (bicyclic) bond motifs is 1. The zero-order valence-corrected chi connectivity index (χ0v) is 6.64. The summed E-state index contributed by atoms with van der Waals surface area (Å²) in [4.78, 5) is 3.11. The first-order valence-corrected chi connectivity index (χ1v) is 3.98. The molecule has 0 bridgehead atoms. The van der Waals surface area contributed by atoms with E-state index in [1.165, 1.54) is 10.2 Å². The zero-order chi connectivity index (χ0) is 8.10. The van der Waals surface area contributed by atoms with Crippen molar-refractivity contribution in [3.8, 4) is 0 Å². The van der Waals surface area contributed by atoms with Gasteiger partial charge in [-0.1, -0.05) is 0 Å². The van der Waals surface area contributed by atoms with Crippen LogP contribution >= 0.6 is 11.3 Å². The fraction of sp³-hybridized carbons (Fsp3) is 0. The maximum absolute atomic E-state index is 7.12. The van der Waals surface area contributed by atoms with Crippen LogP contribution in [0.4, 0.5) is 0 Å². The lowest BCUT2D eigenvalue weighted by molar-refractivity contribution is 0.448. The number of aromatic nitrogens is 1. The van der Waals surface area contributed by atoms with Gasteiger partial charge in [-0.2, -0.15) is 0 Å². The number of hydrogen-bond acceptors (Lipinski definition) is 3. The lowest BCUT2D eigenvalue weighted by Gasteiger charge is -1.66. The Morgan fingerprint density at radius 2 is 2.09 bits per heavy atom. The largest absolute Gasteiger partial charge is 0.432 e. The molecule has 0 aliphatic rings. The molecule has 0 saturated heterocycles. The number of rotatable bonds is 0. The number of aromatic amines is 1. The Morgan fingerprint density at radius 3 is 2.73 bits per heavy atom. The van der Waals surface area contributed by atoms with Gasteiger partial charge in [-0.25, -0.2) is 0 Å². The van der Waals surface area contributed by atoms with E-state index in [2.05, 4.69) is 22.5 Å². The van der Waals surface area contributed by atoms with Crippen molar-refractivity contribution in [1.29, 1.82) is 0 Å². The Morgan fingerprint density at radius 1 is 1.36 bits per heavy atom. The molecule has 11 heavy (non-hydrogen) atoms. The molecular formula is C6H8BNO2S. The molecule has 0 atom stereocenters. The van der Waals surface area contributed by atoms with Gasteiger partial charge in [-0.05, 0) is 17.5 Å². The normalized spacial score (nSPS) is 8.91. The van der Waals surface area contributed by atoms with E-state index < -0.39 is 7.69 Å². The van der Waals surface area contributed by atoms with Crippen LogP contribution in [-0.2, 0) is 0 Å². The highest BCUT2D eigenvalue weighted by Crippen LogP contribution is 2.17. The van der Waals surface area contributed by atoms with E-state index in [1.807, 2.05) is 6.20 Å². The molecule has 2 rings (SSSR count). The second-order valence-electron chi connectivity index (χ2n) is 1.82. The Kier molecular flexibility index (Phi) is 3.16. The number of nitrogens with one attached hydrogen (secondary N) is 1. The van der Waals surface area contributed by atoms with Crippen LogP contribution in [0.3, 0.4) is 0 Å². The minimum atomic E-state index is -0.750. The van der Waals surface area contributed by atoms with Gasteiger partial charge < -0.3 is 15.0 Å². The van der Waals surface area contributed by atoms with Crippen LogP contribution in [0.5, 0.6) is 0 Å². The predicted octanol–water partition coefficient (Wildman–Crippen LogP) is 0.467. The van der Waals surface area contributed by atoms with Crippen LogP contribution in [-0.4, -0.2) is 22.7 Å². The molecule has 5 heteroatoms. The van der Waals surface area contributed by atoms with E-state index in [4.69, 9.17) is 10.0 Å². The predicted molar refractivity (Wildman–Crippen MR) is 47.8 cm³/mol. The summed E-state index contributed by atoms with van der Waals surface area (Å²) >= 11 is 1.76. The van der Waals surface area contributed by atoms with Crippen molar-refractivity contribution in [1.82, 2.24) is 4.98 Å². The molecular weight excluding hydrogens is 161 g/mol. The first-order chi connectivity index (χ1) is 5.38. The molecule has 0 radical (unpaired) electrons. The molecule has 2 heterocycles. The summed E-state index contributed by atoms with van der Waals surface area (Å²) in [5.41, 5.74) is 1.25. The van der Waals surface area contributed by atoms with E-state index in [0.717, 1.165) is 0 Å². The fourth-order valence-electron chi connectivity index (χ4n) is 0.776. The Bertz CT molecular complexity index is 255. The summed E-state index contributed by atoms with van der Waals surface area (Å²) in [6, 6.07) is 4.17. The molecule has 3 N–H and O–H groups in total. The van der Waals surface area contributed by atoms with Gasteiger partial charge in [0, 0.05) is 6.20 Å². The summed E-state index contributed by atoms with van der Waals surface area (Å²) in [5, 5.41) is 16.3. The molecule has 0 saturated carbocycles. The lowest BCUT2D eigenvalue weighted by atomic mass is 10.5. The van der Waals surface area contributed by atoms with Crippen LogP contribution in [0.1, 0.15) is 0 Å². The van der Waals surface area contributed by atoms with Crippen molar-refractivity contribution in [3.05, 3.63) is 23.7 Å². The first-order valence-electron chi connectivity index (χ1n) is 3.10. The van der Waals surface area contributed by atoms with E-state index in [1.54, 1.807) is 11.3 Å². The van der Waals surface area contributed by atoms with Gasteiger partial charge in [0.1, 0.15) is 0 Å². The van der Waals surface area contributed by atoms with E-state index in [-0.39, 0.29) is 0 Å². The van der Waals surface area contributed by atoms with Gasteiger partial charge in [0.2, 0.25) is 0 Å². The van der Waals surface area contributed by atoms with Gasteiger partial charge in [0.05, 0.1) is 10.2 Å². The highest BCUT2D eigenvalue weighted by Gasteiger charge is 1.89. The Balaban J connectivity index is 0.000000179. The van der Waals surface area contributed by atoms with Crippen molar-refractivity contribution < 1.29 is 10.0 Å². The van der Waals surface area contributed by atoms with Crippen molar-refractivity contribution in [3.63, 3.8) is 0 Å². The second-order valence-corrected chi connectivity index (χ2v) is 2.77. The van der Waals surface area contributed by atoms with Crippen LogP contribution in [0.15, 0.2) is 23.7 Å². The molecule has 0 unspecified atom stereocenters. The highest BCUT2D eigenvalue weighted by atomic mass is 32.1. The molecule has 2 aromatic rings. The molecule has 0 aliphatic carbocycles. The standard InChI is InChI=1S/C6H5NS.BH3O2/c1-3-7-5-2-4-8-6(1)5;2-1-3/h1-4,7H;1-3H. The number of thiophene rings is 1. The van der Waals surface area contributed by atoms with Crippen molar-refractivity contribution >= 4 is 29.2 Å². The fourth-order valence-corrected chi connectivity index (χ4v) is 1.53. The molecule has 0 aliphatic heterocycles. The van der Waals surface area contributed by atoms with E-state index in [0.29, 0.717) is 0 Å². The van der Waals surface area contributed by atoms with Gasteiger partial charge >= 0.3 is 7.69 Å². The zero-order valence-electron chi connectivity index (χ0n) is 5.82. The van der Waals surface area contributed by atoms with Crippen LogP contribution in [0, 0.1) is 0 Å². The SMILES string of the molecule is OBO.c1cc2sccc2[nH]1. The van der Waals surface area contributed by atoms with Crippen LogP contribution in [0.2, 0.25) is 0 Å². The summed E-state index contributed by atoms with van der Waals surface area (Å²) in [6.07, 6.45) is 1.96. The van der Waals surface area contributed by atoms with Crippen LogP contribution < -0.4 is 0 Å². The van der Waals surface area contributed by atoms with Crippen molar-refractivity contribution in [2.75, 3.05) is 0 Å². The minimum Gasteiger partial charge on any atom is -0.430 e. The third-order valence-corrected chi connectivity index (χ3v) is 2.05. The van der Waals surface area contributed by atoms with Gasteiger partial charge in [-0.15, -0.1) is 11.3 Å². The second kappa shape index (κ2) is 4.18. The van der Waals surface area contributed by atoms with Crippen LogP contribution in [0.25, 0.3) is 10.2 Å². The average Bonchev–Trinajstić information content (AvgIpc) is 2.44. The molecule has 0 aromatic carbocycles. The monoisotopic (exact) mass is 169 g/mol. The molecule has 0 amide bonds. The molecule has 0 spiro atoms. The maximum atomic E-state index is 7.12. The molecule has 58 valence electrons. The lowest BCUT2D eigenvalue weighted by Crippen LogP contribution is -1.75. The van der Waals surface area contributed by atoms with E-state index in [9.17, 15) is 0 Å². The number of hydrogen-bond donors (Lipinski definition) is 3. The minimum absolute atomic E-state index is 0.750. The molecule has 3 nitrogen and oxygen atoms in total. The average molecular weight is 169 g/mol. The van der Waals surface area contributed by atoms with E-state index >= 15 is 0 Å². The van der Waals surface area contributed by atoms with Crippen molar-refractivity contribution in [2.45, 2.75) is 0 Å². The highest BCUT2D eigenvalue weighted by molar-refractivity contribution is 7.17. The van der Waals surface area contributed by atoms with Gasteiger partial charge in [0.25, 0.3) is 0 Å². The number of H-pyrrole nitrogens is 1. The molecule has 0 fully saturated rings. The van der Waals surface area contributed by atoms with Crippen molar-refractivity contribution in [2.24, 2.45) is 0 Å². The summed E-state index contributed by atoms with van der Waals surface area (Å²) in [5.74, 6) is 0. The maximum Gasteiger partial charge on any atom is 0.432 e. The Hall–Kier alpha value is -0.775. The molecule has 2 aromatic heterocycles. The van der Waals surface area contributed by atoms with Gasteiger partial charge in [-0.3, -0.25) is 0 Å². The Labute approximate surface area is 68.6 Å². The topological polar surface area (TPSA) is 56.2 Å². The smallest absolute Gasteiger partial charge is 0.430 e.